The second-order valence-corrected chi connectivity index (χ2v) is 5.73. The minimum atomic E-state index is 0.174. The molecule has 2 aromatic carbocycles. The van der Waals surface area contributed by atoms with E-state index in [0.29, 0.717) is 18.8 Å². The second-order valence-electron chi connectivity index (χ2n) is 4.88. The van der Waals surface area contributed by atoms with E-state index in [1.165, 1.54) is 0 Å². The van der Waals surface area contributed by atoms with Gasteiger partial charge in [0.05, 0.1) is 12.3 Å². The van der Waals surface area contributed by atoms with E-state index >= 15 is 0 Å². The van der Waals surface area contributed by atoms with E-state index in [-0.39, 0.29) is 5.75 Å². The number of thioether (sulfide) groups is 1. The molecule has 0 radical (unpaired) electrons. The summed E-state index contributed by atoms with van der Waals surface area (Å²) in [5.74, 6) is 0.653. The molecule has 2 rings (SSSR count). The van der Waals surface area contributed by atoms with Crippen LogP contribution in [0.4, 0.5) is 5.69 Å². The maximum absolute atomic E-state index is 10.2. The van der Waals surface area contributed by atoms with Crippen LogP contribution in [0, 0.1) is 0 Å². The lowest BCUT2D eigenvalue weighted by Crippen LogP contribution is -1.96. The van der Waals surface area contributed by atoms with Gasteiger partial charge in [0.1, 0.15) is 0 Å². The molecule has 0 spiro atoms. The molecule has 3 nitrogen and oxygen atoms in total. The number of ether oxygens (including phenoxy) is 1. The molecular weight excluding hydrogens is 306 g/mol. The lowest BCUT2D eigenvalue weighted by Gasteiger charge is -2.11. The van der Waals surface area contributed by atoms with Gasteiger partial charge >= 0.3 is 0 Å². The smallest absolute Gasteiger partial charge is 0.161 e. The van der Waals surface area contributed by atoms with E-state index < -0.39 is 0 Å². The van der Waals surface area contributed by atoms with E-state index in [4.69, 9.17) is 4.74 Å². The number of nitrogens with zero attached hydrogens (tertiary/aromatic N) is 1. The van der Waals surface area contributed by atoms with E-state index in [1.54, 1.807) is 30.1 Å². The summed E-state index contributed by atoms with van der Waals surface area (Å²) in [6.45, 7) is 6.12. The largest absolute Gasteiger partial charge is 0.504 e. The fraction of sp³-hybridized carbons (Fsp3) is 0.211. The SMILES string of the molecule is C=CCc1cc(C=Nc2ccccc2SC)cc(OCC)c1O. The van der Waals surface area contributed by atoms with Gasteiger partial charge in [-0.2, -0.15) is 0 Å². The average molecular weight is 327 g/mol. The molecule has 0 atom stereocenters. The molecule has 0 saturated carbocycles. The fourth-order valence-corrected chi connectivity index (χ4v) is 2.77. The highest BCUT2D eigenvalue weighted by atomic mass is 32.2. The number of hydrogen-bond donors (Lipinski definition) is 1. The monoisotopic (exact) mass is 327 g/mol. The lowest BCUT2D eigenvalue weighted by atomic mass is 10.1. The summed E-state index contributed by atoms with van der Waals surface area (Å²) < 4.78 is 5.51. The van der Waals surface area contributed by atoms with E-state index in [0.717, 1.165) is 21.7 Å². The normalized spacial score (nSPS) is 10.9. The molecular formula is C19H21NO2S. The molecule has 0 saturated heterocycles. The number of benzene rings is 2. The number of aromatic hydroxyl groups is 1. The Labute approximate surface area is 141 Å². The first kappa shape index (κ1) is 17.2. The van der Waals surface area contributed by atoms with Gasteiger partial charge in [-0.05, 0) is 49.4 Å². The molecule has 120 valence electrons. The van der Waals surface area contributed by atoms with Crippen LogP contribution in [0.2, 0.25) is 0 Å². The van der Waals surface area contributed by atoms with Crippen LogP contribution in [0.3, 0.4) is 0 Å². The fourth-order valence-electron chi connectivity index (χ4n) is 2.22. The van der Waals surface area contributed by atoms with Crippen LogP contribution in [-0.4, -0.2) is 24.2 Å². The Bertz CT molecular complexity index is 711. The van der Waals surface area contributed by atoms with Crippen molar-refractivity contribution < 1.29 is 9.84 Å². The predicted molar refractivity (Wildman–Crippen MR) is 98.7 cm³/mol. The van der Waals surface area contributed by atoms with Crippen molar-refractivity contribution in [2.24, 2.45) is 4.99 Å². The summed E-state index contributed by atoms with van der Waals surface area (Å²) >= 11 is 1.66. The number of aliphatic imine (C=N–C) groups is 1. The molecule has 0 amide bonds. The standard InChI is InChI=1S/C19H21NO2S/c1-4-8-15-11-14(12-17(19(15)21)22-5-2)13-20-16-9-6-7-10-18(16)23-3/h4,6-7,9-13,21H,1,5,8H2,2-3H3. The Kier molecular flexibility index (Phi) is 6.29. The molecule has 0 unspecified atom stereocenters. The molecule has 0 aliphatic heterocycles. The van der Waals surface area contributed by atoms with E-state index in [2.05, 4.69) is 11.6 Å². The predicted octanol–water partition coefficient (Wildman–Crippen LogP) is 4.99. The van der Waals surface area contributed by atoms with Gasteiger partial charge in [-0.15, -0.1) is 18.3 Å². The van der Waals surface area contributed by atoms with Crippen LogP contribution in [0.1, 0.15) is 18.1 Å². The Balaban J connectivity index is 2.38. The highest BCUT2D eigenvalue weighted by molar-refractivity contribution is 7.98. The molecule has 0 aromatic heterocycles. The summed E-state index contributed by atoms with van der Waals surface area (Å²) in [5, 5.41) is 10.2. The summed E-state index contributed by atoms with van der Waals surface area (Å²) in [6.07, 6.45) is 6.16. The van der Waals surface area contributed by atoms with Crippen molar-refractivity contribution in [3.05, 3.63) is 60.2 Å². The zero-order valence-electron chi connectivity index (χ0n) is 13.5. The molecule has 1 N–H and O–H groups in total. The van der Waals surface area contributed by atoms with Gasteiger partial charge in [0.25, 0.3) is 0 Å². The van der Waals surface area contributed by atoms with Crippen molar-refractivity contribution >= 4 is 23.7 Å². The van der Waals surface area contributed by atoms with Gasteiger partial charge in [-0.3, -0.25) is 4.99 Å². The van der Waals surface area contributed by atoms with Crippen LogP contribution >= 0.6 is 11.8 Å². The van der Waals surface area contributed by atoms with Crippen LogP contribution in [0.15, 0.2) is 58.9 Å². The first-order valence-electron chi connectivity index (χ1n) is 7.46. The maximum Gasteiger partial charge on any atom is 0.161 e. The quantitative estimate of drug-likeness (QED) is 0.442. The maximum atomic E-state index is 10.2. The van der Waals surface area contributed by atoms with Gasteiger partial charge in [0.15, 0.2) is 11.5 Å². The van der Waals surface area contributed by atoms with Crippen LogP contribution < -0.4 is 4.74 Å². The van der Waals surface area contributed by atoms with Crippen LogP contribution in [0.25, 0.3) is 0 Å². The molecule has 0 fully saturated rings. The number of phenolic OH excluding ortho intramolecular Hbond substituents is 1. The van der Waals surface area contributed by atoms with E-state index in [9.17, 15) is 5.11 Å². The highest BCUT2D eigenvalue weighted by Crippen LogP contribution is 2.32. The summed E-state index contributed by atoms with van der Waals surface area (Å²) in [4.78, 5) is 5.69. The van der Waals surface area contributed by atoms with Crippen molar-refractivity contribution in [2.45, 2.75) is 18.2 Å². The van der Waals surface area contributed by atoms with Crippen molar-refractivity contribution in [1.82, 2.24) is 0 Å². The Hall–Kier alpha value is -2.20. The average Bonchev–Trinajstić information content (AvgIpc) is 2.57. The topological polar surface area (TPSA) is 41.8 Å². The summed E-state index contributed by atoms with van der Waals surface area (Å²) in [7, 11) is 0. The number of rotatable bonds is 7. The van der Waals surface area contributed by atoms with Crippen LogP contribution in [0.5, 0.6) is 11.5 Å². The molecule has 0 bridgehead atoms. The van der Waals surface area contributed by atoms with E-state index in [1.807, 2.05) is 43.5 Å². The van der Waals surface area contributed by atoms with Gasteiger partial charge in [0.2, 0.25) is 0 Å². The van der Waals surface area contributed by atoms with Gasteiger partial charge < -0.3 is 9.84 Å². The summed E-state index contributed by atoms with van der Waals surface area (Å²) in [5.41, 5.74) is 2.60. The second kappa shape index (κ2) is 8.44. The molecule has 23 heavy (non-hydrogen) atoms. The zero-order chi connectivity index (χ0) is 16.7. The number of phenols is 1. The van der Waals surface area contributed by atoms with Crippen molar-refractivity contribution in [3.63, 3.8) is 0 Å². The molecule has 4 heteroatoms. The molecule has 0 aliphatic carbocycles. The Morgan fingerprint density at radius 1 is 1.30 bits per heavy atom. The number of hydrogen-bond acceptors (Lipinski definition) is 4. The third-order valence-corrected chi connectivity index (χ3v) is 4.06. The van der Waals surface area contributed by atoms with Crippen molar-refractivity contribution in [2.75, 3.05) is 12.9 Å². The lowest BCUT2D eigenvalue weighted by molar-refractivity contribution is 0.317. The Morgan fingerprint density at radius 2 is 2.09 bits per heavy atom. The third kappa shape index (κ3) is 4.39. The first-order valence-corrected chi connectivity index (χ1v) is 8.68. The van der Waals surface area contributed by atoms with Gasteiger partial charge in [-0.1, -0.05) is 18.2 Å². The molecule has 0 aliphatic rings. The zero-order valence-corrected chi connectivity index (χ0v) is 14.3. The molecule has 0 heterocycles. The third-order valence-electron chi connectivity index (χ3n) is 3.28. The number of para-hydroxylation sites is 1. The highest BCUT2D eigenvalue weighted by Gasteiger charge is 2.09. The van der Waals surface area contributed by atoms with Crippen molar-refractivity contribution in [1.29, 1.82) is 0 Å². The number of allylic oxidation sites excluding steroid dienone is 1. The van der Waals surface area contributed by atoms with Gasteiger partial charge in [-0.25, -0.2) is 0 Å². The van der Waals surface area contributed by atoms with Crippen molar-refractivity contribution in [3.8, 4) is 11.5 Å². The first-order chi connectivity index (χ1) is 11.2. The summed E-state index contributed by atoms with van der Waals surface area (Å²) in [6, 6.07) is 11.7. The van der Waals surface area contributed by atoms with Gasteiger partial charge in [0, 0.05) is 16.7 Å². The molecule has 2 aromatic rings. The Morgan fingerprint density at radius 3 is 2.78 bits per heavy atom. The van der Waals surface area contributed by atoms with Crippen LogP contribution in [-0.2, 0) is 6.42 Å². The minimum absolute atomic E-state index is 0.174. The minimum Gasteiger partial charge on any atom is -0.504 e.